The Hall–Kier alpha value is -0.240. The molecule has 1 aromatic rings. The maximum Gasteiger partial charge on any atom is 0.0595 e. The number of hydrogen-bond donors (Lipinski definition) is 1. The Morgan fingerprint density at radius 3 is 2.79 bits per heavy atom. The summed E-state index contributed by atoms with van der Waals surface area (Å²) >= 11 is 11.9. The van der Waals surface area contributed by atoms with Gasteiger partial charge in [0.25, 0.3) is 0 Å². The number of benzene rings is 1. The average Bonchev–Trinajstić information content (AvgIpc) is 2.39. The van der Waals surface area contributed by atoms with E-state index in [4.69, 9.17) is 23.2 Å². The highest BCUT2D eigenvalue weighted by atomic mass is 35.5. The minimum atomic E-state index is 0.626. The van der Waals surface area contributed by atoms with Crippen LogP contribution in [0.3, 0.4) is 0 Å². The molecule has 2 rings (SSSR count). The van der Waals surface area contributed by atoms with Crippen molar-refractivity contribution in [2.45, 2.75) is 45.6 Å². The first kappa shape index (κ1) is 15.2. The monoisotopic (exact) mass is 299 g/mol. The van der Waals surface area contributed by atoms with Crippen LogP contribution in [-0.2, 0) is 6.54 Å². The van der Waals surface area contributed by atoms with Crippen LogP contribution in [0.1, 0.15) is 44.6 Å². The zero-order valence-electron chi connectivity index (χ0n) is 11.6. The van der Waals surface area contributed by atoms with Crippen molar-refractivity contribution in [2.24, 2.45) is 11.8 Å². The second kappa shape index (κ2) is 7.52. The molecule has 1 saturated carbocycles. The van der Waals surface area contributed by atoms with E-state index in [1.807, 2.05) is 18.2 Å². The van der Waals surface area contributed by atoms with Crippen molar-refractivity contribution < 1.29 is 0 Å². The van der Waals surface area contributed by atoms with Gasteiger partial charge in [0.15, 0.2) is 0 Å². The minimum Gasteiger partial charge on any atom is -0.313 e. The first-order chi connectivity index (χ1) is 9.15. The molecule has 0 heterocycles. The molecule has 1 aromatic carbocycles. The molecule has 1 nitrogen and oxygen atoms in total. The first-order valence-corrected chi connectivity index (χ1v) is 8.05. The van der Waals surface area contributed by atoms with Crippen LogP contribution in [-0.4, -0.2) is 6.54 Å². The largest absolute Gasteiger partial charge is 0.313 e. The second-order valence-electron chi connectivity index (χ2n) is 5.85. The van der Waals surface area contributed by atoms with E-state index >= 15 is 0 Å². The molecule has 1 fully saturated rings. The first-order valence-electron chi connectivity index (χ1n) is 7.30. The maximum atomic E-state index is 6.00. The summed E-state index contributed by atoms with van der Waals surface area (Å²) in [5.74, 6) is 1.85. The number of rotatable bonds is 5. The van der Waals surface area contributed by atoms with Gasteiger partial charge < -0.3 is 5.32 Å². The van der Waals surface area contributed by atoms with Crippen LogP contribution in [0, 0.1) is 11.8 Å². The van der Waals surface area contributed by atoms with Crippen LogP contribution < -0.4 is 5.32 Å². The van der Waals surface area contributed by atoms with Gasteiger partial charge >= 0.3 is 0 Å². The van der Waals surface area contributed by atoms with E-state index in [-0.39, 0.29) is 0 Å². The van der Waals surface area contributed by atoms with Crippen molar-refractivity contribution in [3.63, 3.8) is 0 Å². The zero-order valence-corrected chi connectivity index (χ0v) is 13.1. The normalized spacial score (nSPS) is 23.5. The quantitative estimate of drug-likeness (QED) is 0.728. The fraction of sp³-hybridized carbons (Fsp3) is 0.625. The van der Waals surface area contributed by atoms with Crippen LogP contribution in [0.2, 0.25) is 10.0 Å². The van der Waals surface area contributed by atoms with Gasteiger partial charge in [-0.25, -0.2) is 0 Å². The van der Waals surface area contributed by atoms with Crippen molar-refractivity contribution in [1.82, 2.24) is 5.32 Å². The van der Waals surface area contributed by atoms with E-state index in [9.17, 15) is 0 Å². The molecular formula is C16H23Cl2N. The Kier molecular flexibility index (Phi) is 6.00. The fourth-order valence-corrected chi connectivity index (χ4v) is 3.33. The molecule has 0 spiro atoms. The van der Waals surface area contributed by atoms with E-state index in [0.717, 1.165) is 24.9 Å². The Balaban J connectivity index is 1.67. The SMILES string of the molecule is CC1CCCC(CCNCc2ccc(Cl)c(Cl)c2)C1. The van der Waals surface area contributed by atoms with Crippen molar-refractivity contribution in [3.05, 3.63) is 33.8 Å². The Morgan fingerprint density at radius 1 is 1.21 bits per heavy atom. The molecule has 0 amide bonds. The molecule has 0 radical (unpaired) electrons. The zero-order chi connectivity index (χ0) is 13.7. The summed E-state index contributed by atoms with van der Waals surface area (Å²) in [6, 6.07) is 5.84. The average molecular weight is 300 g/mol. The molecule has 3 heteroatoms. The number of hydrogen-bond acceptors (Lipinski definition) is 1. The standard InChI is InChI=1S/C16H23Cl2N/c1-12-3-2-4-13(9-12)7-8-19-11-14-5-6-15(17)16(18)10-14/h5-6,10,12-13,19H,2-4,7-9,11H2,1H3. The van der Waals surface area contributed by atoms with Crippen LogP contribution in [0.5, 0.6) is 0 Å². The molecule has 1 N–H and O–H groups in total. The molecule has 106 valence electrons. The van der Waals surface area contributed by atoms with Crippen molar-refractivity contribution in [1.29, 1.82) is 0 Å². The van der Waals surface area contributed by atoms with Crippen molar-refractivity contribution in [3.8, 4) is 0 Å². The van der Waals surface area contributed by atoms with Gasteiger partial charge in [-0.15, -0.1) is 0 Å². The smallest absolute Gasteiger partial charge is 0.0595 e. The molecule has 0 aromatic heterocycles. The topological polar surface area (TPSA) is 12.0 Å². The summed E-state index contributed by atoms with van der Waals surface area (Å²) in [5, 5.41) is 4.78. The predicted molar refractivity (Wildman–Crippen MR) is 83.9 cm³/mol. The van der Waals surface area contributed by atoms with Crippen LogP contribution in [0.4, 0.5) is 0 Å². The minimum absolute atomic E-state index is 0.626. The third-order valence-corrected chi connectivity index (χ3v) is 4.83. The highest BCUT2D eigenvalue weighted by Crippen LogP contribution is 2.30. The number of nitrogens with one attached hydrogen (secondary N) is 1. The van der Waals surface area contributed by atoms with Gasteiger partial charge in [0.1, 0.15) is 0 Å². The second-order valence-corrected chi connectivity index (χ2v) is 6.67. The summed E-state index contributed by atoms with van der Waals surface area (Å²) in [6.45, 7) is 4.35. The Labute approximate surface area is 126 Å². The lowest BCUT2D eigenvalue weighted by Gasteiger charge is -2.26. The molecule has 0 bridgehead atoms. The van der Waals surface area contributed by atoms with Gasteiger partial charge in [-0.3, -0.25) is 0 Å². The lowest BCUT2D eigenvalue weighted by Crippen LogP contribution is -2.21. The molecule has 0 aliphatic heterocycles. The van der Waals surface area contributed by atoms with E-state index < -0.39 is 0 Å². The van der Waals surface area contributed by atoms with E-state index in [1.165, 1.54) is 37.7 Å². The summed E-state index contributed by atoms with van der Waals surface area (Å²) < 4.78 is 0. The molecule has 2 unspecified atom stereocenters. The Morgan fingerprint density at radius 2 is 2.05 bits per heavy atom. The van der Waals surface area contributed by atoms with Gasteiger partial charge in [-0.05, 0) is 48.9 Å². The summed E-state index contributed by atoms with van der Waals surface area (Å²) in [5.41, 5.74) is 1.20. The van der Waals surface area contributed by atoms with Crippen molar-refractivity contribution >= 4 is 23.2 Å². The van der Waals surface area contributed by atoms with Crippen LogP contribution >= 0.6 is 23.2 Å². The van der Waals surface area contributed by atoms with Gasteiger partial charge in [0.2, 0.25) is 0 Å². The van der Waals surface area contributed by atoms with Gasteiger partial charge in [0, 0.05) is 6.54 Å². The molecular weight excluding hydrogens is 277 g/mol. The lowest BCUT2D eigenvalue weighted by atomic mass is 9.81. The highest BCUT2D eigenvalue weighted by molar-refractivity contribution is 6.42. The molecule has 19 heavy (non-hydrogen) atoms. The highest BCUT2D eigenvalue weighted by Gasteiger charge is 2.17. The van der Waals surface area contributed by atoms with E-state index in [2.05, 4.69) is 12.2 Å². The maximum absolute atomic E-state index is 6.00. The predicted octanol–water partition coefficient (Wildman–Crippen LogP) is 5.30. The van der Waals surface area contributed by atoms with E-state index in [0.29, 0.717) is 10.0 Å². The fourth-order valence-electron chi connectivity index (χ4n) is 3.01. The van der Waals surface area contributed by atoms with Crippen LogP contribution in [0.25, 0.3) is 0 Å². The summed E-state index contributed by atoms with van der Waals surface area (Å²) in [4.78, 5) is 0. The van der Waals surface area contributed by atoms with E-state index in [1.54, 1.807) is 0 Å². The van der Waals surface area contributed by atoms with Crippen LogP contribution in [0.15, 0.2) is 18.2 Å². The number of halogens is 2. The van der Waals surface area contributed by atoms with Gasteiger partial charge in [-0.2, -0.15) is 0 Å². The van der Waals surface area contributed by atoms with Gasteiger partial charge in [0.05, 0.1) is 10.0 Å². The third-order valence-electron chi connectivity index (χ3n) is 4.09. The lowest BCUT2D eigenvalue weighted by molar-refractivity contribution is 0.267. The molecule has 1 aliphatic carbocycles. The molecule has 1 aliphatic rings. The molecule has 2 atom stereocenters. The third kappa shape index (κ3) is 4.98. The Bertz CT molecular complexity index is 406. The molecule has 0 saturated heterocycles. The summed E-state index contributed by atoms with van der Waals surface area (Å²) in [7, 11) is 0. The van der Waals surface area contributed by atoms with Crippen molar-refractivity contribution in [2.75, 3.05) is 6.54 Å². The van der Waals surface area contributed by atoms with Gasteiger partial charge in [-0.1, -0.05) is 55.5 Å². The summed E-state index contributed by atoms with van der Waals surface area (Å²) in [6.07, 6.45) is 6.96.